The lowest BCUT2D eigenvalue weighted by Gasteiger charge is -2.09. The Balaban J connectivity index is 2.31. The molecule has 0 saturated carbocycles. The van der Waals surface area contributed by atoms with Gasteiger partial charge in [-0.25, -0.2) is 0 Å². The predicted octanol–water partition coefficient (Wildman–Crippen LogP) is 2.85. The molecule has 1 N–H and O–H groups in total. The minimum absolute atomic E-state index is 0.687. The van der Waals surface area contributed by atoms with Gasteiger partial charge >= 0.3 is 0 Å². The first-order valence-electron chi connectivity index (χ1n) is 6.43. The van der Waals surface area contributed by atoms with Crippen LogP contribution < -0.4 is 14.8 Å². The zero-order valence-corrected chi connectivity index (χ0v) is 10.9. The van der Waals surface area contributed by atoms with Crippen molar-refractivity contribution in [2.24, 2.45) is 0 Å². The molecule has 0 aromatic heterocycles. The van der Waals surface area contributed by atoms with Crippen LogP contribution in [0.2, 0.25) is 0 Å². The molecule has 3 nitrogen and oxygen atoms in total. The third-order valence-electron chi connectivity index (χ3n) is 2.37. The van der Waals surface area contributed by atoms with E-state index in [9.17, 15) is 0 Å². The van der Waals surface area contributed by atoms with Crippen LogP contribution in [0.1, 0.15) is 26.7 Å². The third kappa shape index (κ3) is 6.17. The summed E-state index contributed by atoms with van der Waals surface area (Å²) in [4.78, 5) is 0. The van der Waals surface area contributed by atoms with Crippen LogP contribution in [0, 0.1) is 0 Å². The molecule has 17 heavy (non-hydrogen) atoms. The maximum atomic E-state index is 5.62. The summed E-state index contributed by atoms with van der Waals surface area (Å²) in [6.07, 6.45) is 2.24. The lowest BCUT2D eigenvalue weighted by molar-refractivity contribution is 0.297. The fourth-order valence-corrected chi connectivity index (χ4v) is 1.41. The van der Waals surface area contributed by atoms with Gasteiger partial charge in [-0.15, -0.1) is 0 Å². The van der Waals surface area contributed by atoms with Crippen molar-refractivity contribution in [2.45, 2.75) is 26.7 Å². The van der Waals surface area contributed by atoms with E-state index in [0.717, 1.165) is 44.0 Å². The van der Waals surface area contributed by atoms with Crippen molar-refractivity contribution in [2.75, 3.05) is 26.3 Å². The Bertz CT molecular complexity index is 302. The summed E-state index contributed by atoms with van der Waals surface area (Å²) in [5.74, 6) is 1.76. The molecule has 0 heterocycles. The first kappa shape index (κ1) is 13.8. The molecule has 1 aromatic rings. The van der Waals surface area contributed by atoms with Crippen molar-refractivity contribution in [3.05, 3.63) is 24.3 Å². The van der Waals surface area contributed by atoms with Crippen LogP contribution in [0.3, 0.4) is 0 Å². The fraction of sp³-hybridized carbons (Fsp3) is 0.571. The van der Waals surface area contributed by atoms with E-state index >= 15 is 0 Å². The zero-order chi connectivity index (χ0) is 12.3. The number of hydrogen-bond acceptors (Lipinski definition) is 3. The molecule has 96 valence electrons. The van der Waals surface area contributed by atoms with Gasteiger partial charge in [0.1, 0.15) is 18.1 Å². The fourth-order valence-electron chi connectivity index (χ4n) is 1.41. The molecule has 0 spiro atoms. The van der Waals surface area contributed by atoms with Crippen LogP contribution in [0.15, 0.2) is 24.3 Å². The van der Waals surface area contributed by atoms with Gasteiger partial charge in [-0.05, 0) is 25.1 Å². The minimum Gasteiger partial charge on any atom is -0.493 e. The summed E-state index contributed by atoms with van der Waals surface area (Å²) in [6.45, 7) is 7.55. The molecule has 0 atom stereocenters. The summed E-state index contributed by atoms with van der Waals surface area (Å²) < 4.78 is 11.2. The topological polar surface area (TPSA) is 30.5 Å². The Morgan fingerprint density at radius 2 is 1.76 bits per heavy atom. The largest absolute Gasteiger partial charge is 0.493 e. The molecule has 0 bridgehead atoms. The Labute approximate surface area is 104 Å². The first-order chi connectivity index (χ1) is 8.36. The minimum atomic E-state index is 0.687. The number of benzene rings is 1. The molecule has 1 aromatic carbocycles. The second kappa shape index (κ2) is 8.88. The predicted molar refractivity (Wildman–Crippen MR) is 70.9 cm³/mol. The van der Waals surface area contributed by atoms with Crippen molar-refractivity contribution < 1.29 is 9.47 Å². The maximum absolute atomic E-state index is 5.62. The van der Waals surface area contributed by atoms with Crippen LogP contribution in [0.25, 0.3) is 0 Å². The van der Waals surface area contributed by atoms with Gasteiger partial charge in [-0.3, -0.25) is 0 Å². The molecule has 0 aliphatic rings. The molecular weight excluding hydrogens is 214 g/mol. The zero-order valence-electron chi connectivity index (χ0n) is 10.9. The van der Waals surface area contributed by atoms with E-state index in [1.165, 1.54) is 0 Å². The van der Waals surface area contributed by atoms with Gasteiger partial charge < -0.3 is 14.8 Å². The second-order valence-electron chi connectivity index (χ2n) is 3.88. The second-order valence-corrected chi connectivity index (χ2v) is 3.88. The number of likely N-dealkylation sites (N-methyl/N-ethyl adjacent to an activating group) is 1. The quantitative estimate of drug-likeness (QED) is 0.670. The first-order valence-corrected chi connectivity index (χ1v) is 6.43. The molecule has 3 heteroatoms. The maximum Gasteiger partial charge on any atom is 0.123 e. The Morgan fingerprint density at radius 1 is 1.06 bits per heavy atom. The highest BCUT2D eigenvalue weighted by Crippen LogP contribution is 2.19. The van der Waals surface area contributed by atoms with Crippen molar-refractivity contribution in [3.8, 4) is 11.5 Å². The summed E-state index contributed by atoms with van der Waals surface area (Å²) in [6, 6.07) is 7.83. The average Bonchev–Trinajstić information content (AvgIpc) is 2.36. The van der Waals surface area contributed by atoms with Crippen LogP contribution >= 0.6 is 0 Å². The number of nitrogens with one attached hydrogen (secondary N) is 1. The third-order valence-corrected chi connectivity index (χ3v) is 2.37. The van der Waals surface area contributed by atoms with Crippen molar-refractivity contribution >= 4 is 0 Å². The van der Waals surface area contributed by atoms with Crippen LogP contribution in [-0.2, 0) is 0 Å². The number of ether oxygens (including phenoxy) is 2. The Morgan fingerprint density at radius 3 is 2.41 bits per heavy atom. The molecule has 0 aliphatic heterocycles. The highest BCUT2D eigenvalue weighted by atomic mass is 16.5. The van der Waals surface area contributed by atoms with Crippen LogP contribution in [0.5, 0.6) is 11.5 Å². The van der Waals surface area contributed by atoms with Crippen molar-refractivity contribution in [1.29, 1.82) is 0 Å². The number of unbranched alkanes of at least 4 members (excludes halogenated alkanes) is 1. The van der Waals surface area contributed by atoms with Gasteiger partial charge in [-0.1, -0.05) is 26.3 Å². The highest BCUT2D eigenvalue weighted by molar-refractivity contribution is 5.32. The van der Waals surface area contributed by atoms with E-state index in [0.29, 0.717) is 6.61 Å². The van der Waals surface area contributed by atoms with Crippen molar-refractivity contribution in [3.63, 3.8) is 0 Å². The molecule has 0 unspecified atom stereocenters. The van der Waals surface area contributed by atoms with Gasteiger partial charge in [0, 0.05) is 12.6 Å². The normalized spacial score (nSPS) is 10.2. The summed E-state index contributed by atoms with van der Waals surface area (Å²) in [5, 5.41) is 3.22. The van der Waals surface area contributed by atoms with Gasteiger partial charge in [-0.2, -0.15) is 0 Å². The van der Waals surface area contributed by atoms with E-state index in [1.807, 2.05) is 24.3 Å². The molecule has 1 rings (SSSR count). The van der Waals surface area contributed by atoms with Gasteiger partial charge in [0.15, 0.2) is 0 Å². The highest BCUT2D eigenvalue weighted by Gasteiger charge is 1.97. The lowest BCUT2D eigenvalue weighted by Crippen LogP contribution is -2.20. The smallest absolute Gasteiger partial charge is 0.123 e. The summed E-state index contributed by atoms with van der Waals surface area (Å²) >= 11 is 0. The Hall–Kier alpha value is -1.22. The standard InChI is InChI=1S/C14H23NO2/c1-3-5-10-16-13-7-6-8-14(12-13)17-11-9-15-4-2/h6-8,12,15H,3-5,9-11H2,1-2H3. The summed E-state index contributed by atoms with van der Waals surface area (Å²) in [7, 11) is 0. The van der Waals surface area contributed by atoms with Gasteiger partial charge in [0.2, 0.25) is 0 Å². The molecule has 0 aliphatic carbocycles. The monoisotopic (exact) mass is 237 g/mol. The molecule has 0 saturated heterocycles. The van der Waals surface area contributed by atoms with Gasteiger partial charge in [0.25, 0.3) is 0 Å². The summed E-state index contributed by atoms with van der Waals surface area (Å²) in [5.41, 5.74) is 0. The molecule has 0 radical (unpaired) electrons. The van der Waals surface area contributed by atoms with Crippen molar-refractivity contribution in [1.82, 2.24) is 5.32 Å². The van der Waals surface area contributed by atoms with E-state index in [1.54, 1.807) is 0 Å². The van der Waals surface area contributed by atoms with Crippen LogP contribution in [-0.4, -0.2) is 26.3 Å². The molecule has 0 amide bonds. The molecule has 0 fully saturated rings. The average molecular weight is 237 g/mol. The van der Waals surface area contributed by atoms with E-state index in [2.05, 4.69) is 19.2 Å². The van der Waals surface area contributed by atoms with Crippen LogP contribution in [0.4, 0.5) is 0 Å². The number of hydrogen-bond donors (Lipinski definition) is 1. The van der Waals surface area contributed by atoms with E-state index < -0.39 is 0 Å². The van der Waals surface area contributed by atoms with Gasteiger partial charge in [0.05, 0.1) is 6.61 Å². The molecular formula is C14H23NO2. The SMILES string of the molecule is CCCCOc1cccc(OCCNCC)c1. The lowest BCUT2D eigenvalue weighted by atomic mass is 10.3. The Kier molecular flexibility index (Phi) is 7.23. The van der Waals surface area contributed by atoms with E-state index in [4.69, 9.17) is 9.47 Å². The van der Waals surface area contributed by atoms with E-state index in [-0.39, 0.29) is 0 Å². The number of rotatable bonds is 9.